The summed E-state index contributed by atoms with van der Waals surface area (Å²) < 4.78 is 5.21. The molecule has 0 spiro atoms. The number of carbonyl (C=O) groups is 3. The summed E-state index contributed by atoms with van der Waals surface area (Å²) in [5, 5.41) is 18.7. The van der Waals surface area contributed by atoms with Crippen LogP contribution in [0.5, 0.6) is 5.75 Å². The van der Waals surface area contributed by atoms with Crippen LogP contribution in [0.25, 0.3) is 0 Å². The number of hydrogen-bond acceptors (Lipinski definition) is 4. The molecule has 1 fully saturated rings. The number of nitrogens with zero attached hydrogens (tertiary/aromatic N) is 1. The van der Waals surface area contributed by atoms with E-state index in [2.05, 4.69) is 0 Å². The Morgan fingerprint density at radius 1 is 1.00 bits per heavy atom. The van der Waals surface area contributed by atoms with Crippen molar-refractivity contribution < 1.29 is 29.3 Å². The topological polar surface area (TPSA) is 104 Å². The number of rotatable bonds is 5. The Balaban J connectivity index is 1.88. The van der Waals surface area contributed by atoms with Gasteiger partial charge in [0, 0.05) is 24.6 Å². The fourth-order valence-corrected chi connectivity index (χ4v) is 3.40. The highest BCUT2D eigenvalue weighted by Crippen LogP contribution is 2.35. The van der Waals surface area contributed by atoms with Gasteiger partial charge in [0.15, 0.2) is 0 Å². The quantitative estimate of drug-likeness (QED) is 0.838. The van der Waals surface area contributed by atoms with Crippen LogP contribution in [0.2, 0.25) is 0 Å². The maximum absolute atomic E-state index is 12.8. The minimum absolute atomic E-state index is 0.0131. The molecule has 1 amide bonds. The van der Waals surface area contributed by atoms with Gasteiger partial charge in [-0.1, -0.05) is 18.2 Å². The molecule has 0 bridgehead atoms. The number of aliphatic carboxylic acids is 1. The first-order chi connectivity index (χ1) is 12.9. The largest absolute Gasteiger partial charge is 0.497 e. The fraction of sp³-hybridized carbons (Fsp3) is 0.250. The molecule has 2 atom stereocenters. The number of aromatic carboxylic acids is 1. The molecular formula is C20H19NO6. The Labute approximate surface area is 155 Å². The van der Waals surface area contributed by atoms with Crippen molar-refractivity contribution in [2.24, 2.45) is 5.92 Å². The van der Waals surface area contributed by atoms with Crippen LogP contribution >= 0.6 is 0 Å². The van der Waals surface area contributed by atoms with E-state index >= 15 is 0 Å². The number of carboxylic acids is 2. The van der Waals surface area contributed by atoms with E-state index in [9.17, 15) is 19.5 Å². The predicted octanol–water partition coefficient (Wildman–Crippen LogP) is 2.33. The van der Waals surface area contributed by atoms with Gasteiger partial charge in [0.2, 0.25) is 0 Å². The molecule has 0 saturated carbocycles. The van der Waals surface area contributed by atoms with Crippen LogP contribution in [0.4, 0.5) is 0 Å². The third kappa shape index (κ3) is 3.76. The maximum Gasteiger partial charge on any atom is 0.335 e. The van der Waals surface area contributed by atoms with Crippen LogP contribution in [-0.4, -0.2) is 53.2 Å². The Morgan fingerprint density at radius 2 is 1.70 bits per heavy atom. The summed E-state index contributed by atoms with van der Waals surface area (Å²) in [5.41, 5.74) is 1.03. The minimum atomic E-state index is -1.12. The molecule has 140 valence electrons. The highest BCUT2D eigenvalue weighted by Gasteiger charge is 2.40. The molecule has 3 rings (SSSR count). The summed E-state index contributed by atoms with van der Waals surface area (Å²) in [4.78, 5) is 37.1. The Kier molecular flexibility index (Phi) is 5.12. The van der Waals surface area contributed by atoms with Gasteiger partial charge >= 0.3 is 11.9 Å². The lowest BCUT2D eigenvalue weighted by molar-refractivity contribution is -0.141. The smallest absolute Gasteiger partial charge is 0.335 e. The van der Waals surface area contributed by atoms with Gasteiger partial charge in [-0.2, -0.15) is 0 Å². The highest BCUT2D eigenvalue weighted by atomic mass is 16.5. The van der Waals surface area contributed by atoms with E-state index in [0.717, 1.165) is 5.56 Å². The number of likely N-dealkylation sites (tertiary alicyclic amines) is 1. The Bertz CT molecular complexity index is 894. The molecule has 1 heterocycles. The van der Waals surface area contributed by atoms with Gasteiger partial charge in [0.1, 0.15) is 5.75 Å². The maximum atomic E-state index is 12.8. The molecule has 0 aromatic heterocycles. The second kappa shape index (κ2) is 7.49. The first-order valence-electron chi connectivity index (χ1n) is 8.40. The van der Waals surface area contributed by atoms with Crippen molar-refractivity contribution in [3.8, 4) is 5.75 Å². The summed E-state index contributed by atoms with van der Waals surface area (Å²) in [6.07, 6.45) is 0. The Hall–Kier alpha value is -3.35. The van der Waals surface area contributed by atoms with Crippen LogP contribution < -0.4 is 4.74 Å². The van der Waals surface area contributed by atoms with Gasteiger partial charge in [0.25, 0.3) is 5.91 Å². The van der Waals surface area contributed by atoms with Crippen molar-refractivity contribution in [1.82, 2.24) is 4.90 Å². The standard InChI is InChI=1S/C20H19NO6/c1-27-15-7-3-4-12(9-15)16-10-21(11-17(16)20(25)26)18(22)13-5-2-6-14(8-13)19(23)24/h2-9,16-17H,10-11H2,1H3,(H,23,24)(H,25,26)/t16-,17+/m0/s1. The van der Waals surface area contributed by atoms with E-state index < -0.39 is 17.9 Å². The minimum Gasteiger partial charge on any atom is -0.497 e. The van der Waals surface area contributed by atoms with Gasteiger partial charge in [-0.3, -0.25) is 9.59 Å². The zero-order chi connectivity index (χ0) is 19.6. The SMILES string of the molecule is COc1cccc([C@@H]2CN(C(=O)c3cccc(C(=O)O)c3)C[C@H]2C(=O)O)c1. The van der Waals surface area contributed by atoms with E-state index in [-0.39, 0.29) is 36.0 Å². The molecule has 2 N–H and O–H groups in total. The third-order valence-electron chi connectivity index (χ3n) is 4.80. The lowest BCUT2D eigenvalue weighted by atomic mass is 9.89. The van der Waals surface area contributed by atoms with Crippen LogP contribution in [-0.2, 0) is 4.79 Å². The number of benzene rings is 2. The molecule has 27 heavy (non-hydrogen) atoms. The van der Waals surface area contributed by atoms with Crippen molar-refractivity contribution in [3.05, 3.63) is 65.2 Å². The van der Waals surface area contributed by atoms with E-state index in [1.54, 1.807) is 18.2 Å². The lowest BCUT2D eigenvalue weighted by Gasteiger charge is -2.17. The summed E-state index contributed by atoms with van der Waals surface area (Å²) >= 11 is 0. The van der Waals surface area contributed by atoms with Crippen LogP contribution in [0.15, 0.2) is 48.5 Å². The number of amides is 1. The van der Waals surface area contributed by atoms with Crippen molar-refractivity contribution in [2.45, 2.75) is 5.92 Å². The molecule has 1 saturated heterocycles. The van der Waals surface area contributed by atoms with Crippen molar-refractivity contribution >= 4 is 17.8 Å². The zero-order valence-corrected chi connectivity index (χ0v) is 14.7. The summed E-state index contributed by atoms with van der Waals surface area (Å²) in [5.74, 6) is -2.97. The van der Waals surface area contributed by atoms with E-state index in [4.69, 9.17) is 9.84 Å². The van der Waals surface area contributed by atoms with Crippen LogP contribution in [0.1, 0.15) is 32.2 Å². The van der Waals surface area contributed by atoms with Gasteiger partial charge in [0.05, 0.1) is 18.6 Å². The van der Waals surface area contributed by atoms with Crippen molar-refractivity contribution in [2.75, 3.05) is 20.2 Å². The molecule has 2 aromatic rings. The number of ether oxygens (including phenoxy) is 1. The molecule has 0 radical (unpaired) electrons. The van der Waals surface area contributed by atoms with Crippen LogP contribution in [0.3, 0.4) is 0 Å². The number of methoxy groups -OCH3 is 1. The predicted molar refractivity (Wildman–Crippen MR) is 96.2 cm³/mol. The van der Waals surface area contributed by atoms with E-state index in [1.165, 1.54) is 36.3 Å². The molecule has 7 nitrogen and oxygen atoms in total. The highest BCUT2D eigenvalue weighted by molar-refractivity contribution is 5.98. The van der Waals surface area contributed by atoms with Gasteiger partial charge < -0.3 is 19.8 Å². The molecular weight excluding hydrogens is 350 g/mol. The first-order valence-corrected chi connectivity index (χ1v) is 8.40. The van der Waals surface area contributed by atoms with Crippen LogP contribution in [0, 0.1) is 5.92 Å². The number of hydrogen-bond donors (Lipinski definition) is 2. The summed E-state index contributed by atoms with van der Waals surface area (Å²) in [6, 6.07) is 12.9. The molecule has 7 heteroatoms. The lowest BCUT2D eigenvalue weighted by Crippen LogP contribution is -2.30. The zero-order valence-electron chi connectivity index (χ0n) is 14.7. The summed E-state index contributed by atoms with van der Waals surface area (Å²) in [7, 11) is 1.54. The van der Waals surface area contributed by atoms with Crippen molar-refractivity contribution in [3.63, 3.8) is 0 Å². The Morgan fingerprint density at radius 3 is 2.37 bits per heavy atom. The average Bonchev–Trinajstić information content (AvgIpc) is 3.13. The summed E-state index contributed by atoms with van der Waals surface area (Å²) in [6.45, 7) is 0.299. The fourth-order valence-electron chi connectivity index (χ4n) is 3.40. The average molecular weight is 369 g/mol. The second-order valence-corrected chi connectivity index (χ2v) is 6.42. The van der Waals surface area contributed by atoms with Gasteiger partial charge in [-0.25, -0.2) is 4.79 Å². The number of carboxylic acid groups (broad SMARTS) is 2. The third-order valence-corrected chi connectivity index (χ3v) is 4.80. The van der Waals surface area contributed by atoms with Gasteiger partial charge in [-0.05, 0) is 35.9 Å². The normalized spacial score (nSPS) is 18.9. The molecule has 1 aliphatic rings. The molecule has 1 aliphatic heterocycles. The second-order valence-electron chi connectivity index (χ2n) is 6.42. The van der Waals surface area contributed by atoms with Gasteiger partial charge in [-0.15, -0.1) is 0 Å². The monoisotopic (exact) mass is 369 g/mol. The molecule has 0 unspecified atom stereocenters. The molecule has 0 aliphatic carbocycles. The van der Waals surface area contributed by atoms with E-state index in [1.807, 2.05) is 6.07 Å². The van der Waals surface area contributed by atoms with E-state index in [0.29, 0.717) is 5.75 Å². The number of carbonyl (C=O) groups excluding carboxylic acids is 1. The first kappa shape index (κ1) is 18.4. The molecule has 2 aromatic carbocycles. The van der Waals surface area contributed by atoms with Crippen molar-refractivity contribution in [1.29, 1.82) is 0 Å².